The van der Waals surface area contributed by atoms with E-state index in [9.17, 15) is 0 Å². The van der Waals surface area contributed by atoms with E-state index in [1.54, 1.807) is 0 Å². The van der Waals surface area contributed by atoms with Crippen molar-refractivity contribution in [1.82, 2.24) is 9.97 Å². The van der Waals surface area contributed by atoms with Gasteiger partial charge in [0, 0.05) is 11.3 Å². The summed E-state index contributed by atoms with van der Waals surface area (Å²) in [6, 6.07) is 6.40. The number of aromatic amines is 1. The molecule has 3 heteroatoms. The van der Waals surface area contributed by atoms with Gasteiger partial charge in [-0.25, -0.2) is 4.98 Å². The number of hydrogen-bond donors (Lipinski definition) is 1. The molecule has 0 aliphatic carbocycles. The second-order valence-corrected chi connectivity index (χ2v) is 4.38. The van der Waals surface area contributed by atoms with Crippen molar-refractivity contribution in [3.8, 4) is 11.3 Å². The molecule has 0 bridgehead atoms. The van der Waals surface area contributed by atoms with Crippen molar-refractivity contribution in [3.63, 3.8) is 0 Å². The second-order valence-electron chi connectivity index (χ2n) is 4.11. The molecule has 0 atom stereocenters. The van der Waals surface area contributed by atoms with Gasteiger partial charge >= 0.3 is 0 Å². The standard InChI is InChI=1S/C13H15ClN2/c1-8-4-5-9(2)11(6-8)13-10(3)15-12(7-14)16-13/h4-6H,7H2,1-3H3,(H,15,16). The van der Waals surface area contributed by atoms with Crippen LogP contribution in [0.4, 0.5) is 0 Å². The molecule has 0 unspecified atom stereocenters. The summed E-state index contributed by atoms with van der Waals surface area (Å²) in [5.74, 6) is 1.25. The van der Waals surface area contributed by atoms with E-state index in [0.717, 1.165) is 17.2 Å². The topological polar surface area (TPSA) is 28.7 Å². The molecule has 16 heavy (non-hydrogen) atoms. The number of nitrogens with zero attached hydrogens (tertiary/aromatic N) is 1. The summed E-state index contributed by atoms with van der Waals surface area (Å²) in [5, 5.41) is 0. The quantitative estimate of drug-likeness (QED) is 0.788. The highest BCUT2D eigenvalue weighted by Crippen LogP contribution is 2.26. The summed E-state index contributed by atoms with van der Waals surface area (Å²) in [6.45, 7) is 6.22. The summed E-state index contributed by atoms with van der Waals surface area (Å²) in [4.78, 5) is 7.71. The van der Waals surface area contributed by atoms with Gasteiger partial charge in [0.15, 0.2) is 0 Å². The third kappa shape index (κ3) is 1.98. The molecule has 0 aliphatic heterocycles. The molecular weight excluding hydrogens is 220 g/mol. The van der Waals surface area contributed by atoms with Crippen molar-refractivity contribution in [2.45, 2.75) is 26.7 Å². The Morgan fingerprint density at radius 3 is 2.62 bits per heavy atom. The van der Waals surface area contributed by atoms with E-state index in [0.29, 0.717) is 5.88 Å². The minimum atomic E-state index is 0.422. The fourth-order valence-corrected chi connectivity index (χ4v) is 1.97. The molecule has 1 aromatic heterocycles. The van der Waals surface area contributed by atoms with Crippen LogP contribution in [0.5, 0.6) is 0 Å². The Kier molecular flexibility index (Phi) is 3.01. The van der Waals surface area contributed by atoms with Gasteiger partial charge in [-0.2, -0.15) is 0 Å². The van der Waals surface area contributed by atoms with Crippen LogP contribution >= 0.6 is 11.6 Å². The van der Waals surface area contributed by atoms with Gasteiger partial charge in [-0.15, -0.1) is 11.6 Å². The molecule has 1 aromatic carbocycles. The van der Waals surface area contributed by atoms with Crippen molar-refractivity contribution < 1.29 is 0 Å². The maximum atomic E-state index is 5.78. The van der Waals surface area contributed by atoms with Crippen LogP contribution in [0.1, 0.15) is 22.6 Å². The van der Waals surface area contributed by atoms with Gasteiger partial charge in [0.05, 0.1) is 11.6 Å². The molecule has 2 nitrogen and oxygen atoms in total. The molecule has 0 radical (unpaired) electrons. The number of alkyl halides is 1. The number of halogens is 1. The fourth-order valence-electron chi connectivity index (χ4n) is 1.84. The first-order chi connectivity index (χ1) is 7.61. The van der Waals surface area contributed by atoms with Crippen LogP contribution in [0.2, 0.25) is 0 Å². The zero-order chi connectivity index (χ0) is 11.7. The molecule has 2 rings (SSSR count). The van der Waals surface area contributed by atoms with Gasteiger partial charge in [-0.1, -0.05) is 17.7 Å². The first kappa shape index (κ1) is 11.2. The van der Waals surface area contributed by atoms with E-state index in [1.165, 1.54) is 16.7 Å². The van der Waals surface area contributed by atoms with E-state index < -0.39 is 0 Å². The molecule has 0 saturated heterocycles. The Bertz CT molecular complexity index is 515. The van der Waals surface area contributed by atoms with Crippen molar-refractivity contribution in [1.29, 1.82) is 0 Å². The maximum absolute atomic E-state index is 5.78. The lowest BCUT2D eigenvalue weighted by atomic mass is 10.0. The van der Waals surface area contributed by atoms with Gasteiger partial charge in [0.25, 0.3) is 0 Å². The highest BCUT2D eigenvalue weighted by atomic mass is 35.5. The number of hydrogen-bond acceptors (Lipinski definition) is 1. The van der Waals surface area contributed by atoms with Crippen molar-refractivity contribution >= 4 is 11.6 Å². The summed E-state index contributed by atoms with van der Waals surface area (Å²) in [7, 11) is 0. The minimum Gasteiger partial charge on any atom is -0.345 e. The van der Waals surface area contributed by atoms with Crippen LogP contribution in [0, 0.1) is 20.8 Å². The summed E-state index contributed by atoms with van der Waals surface area (Å²) < 4.78 is 0. The Labute approximate surface area is 101 Å². The molecule has 1 heterocycles. The smallest absolute Gasteiger partial charge is 0.121 e. The normalized spacial score (nSPS) is 10.8. The van der Waals surface area contributed by atoms with Gasteiger partial charge in [0.1, 0.15) is 5.82 Å². The minimum absolute atomic E-state index is 0.422. The number of rotatable bonds is 2. The number of benzene rings is 1. The SMILES string of the molecule is Cc1ccc(C)c(-c2nc(CCl)[nH]c2C)c1. The Morgan fingerprint density at radius 2 is 2.00 bits per heavy atom. The number of aryl methyl sites for hydroxylation is 3. The number of imidazole rings is 1. The third-order valence-corrected chi connectivity index (χ3v) is 2.96. The molecule has 0 fully saturated rings. The van der Waals surface area contributed by atoms with Gasteiger partial charge in [-0.3, -0.25) is 0 Å². The summed E-state index contributed by atoms with van der Waals surface area (Å²) >= 11 is 5.78. The largest absolute Gasteiger partial charge is 0.345 e. The second kappa shape index (κ2) is 4.30. The molecule has 1 N–H and O–H groups in total. The third-order valence-electron chi connectivity index (χ3n) is 2.71. The number of nitrogens with one attached hydrogen (secondary N) is 1. The molecule has 0 saturated carbocycles. The highest BCUT2D eigenvalue weighted by Gasteiger charge is 2.10. The van der Waals surface area contributed by atoms with Crippen molar-refractivity contribution in [2.24, 2.45) is 0 Å². The molecule has 0 amide bonds. The zero-order valence-corrected chi connectivity index (χ0v) is 10.5. The van der Waals surface area contributed by atoms with E-state index in [-0.39, 0.29) is 0 Å². The first-order valence-electron chi connectivity index (χ1n) is 5.31. The zero-order valence-electron chi connectivity index (χ0n) is 9.76. The lowest BCUT2D eigenvalue weighted by Gasteiger charge is -2.05. The first-order valence-corrected chi connectivity index (χ1v) is 5.84. The summed E-state index contributed by atoms with van der Waals surface area (Å²) in [6.07, 6.45) is 0. The van der Waals surface area contributed by atoms with Crippen LogP contribution in [-0.4, -0.2) is 9.97 Å². The molecule has 2 aromatic rings. The van der Waals surface area contributed by atoms with Crippen LogP contribution in [0.15, 0.2) is 18.2 Å². The van der Waals surface area contributed by atoms with Crippen LogP contribution < -0.4 is 0 Å². The lowest BCUT2D eigenvalue weighted by molar-refractivity contribution is 1.10. The molecule has 0 aliphatic rings. The van der Waals surface area contributed by atoms with Crippen LogP contribution in [0.3, 0.4) is 0 Å². The van der Waals surface area contributed by atoms with Crippen LogP contribution in [0.25, 0.3) is 11.3 Å². The monoisotopic (exact) mass is 234 g/mol. The maximum Gasteiger partial charge on any atom is 0.121 e. The van der Waals surface area contributed by atoms with Crippen molar-refractivity contribution in [2.75, 3.05) is 0 Å². The average molecular weight is 235 g/mol. The van der Waals surface area contributed by atoms with E-state index in [1.807, 2.05) is 6.92 Å². The lowest BCUT2D eigenvalue weighted by Crippen LogP contribution is -1.87. The Balaban J connectivity index is 2.57. The summed E-state index contributed by atoms with van der Waals surface area (Å²) in [5.41, 5.74) is 5.75. The van der Waals surface area contributed by atoms with Crippen molar-refractivity contribution in [3.05, 3.63) is 40.8 Å². The molecular formula is C13H15ClN2. The predicted molar refractivity (Wildman–Crippen MR) is 67.8 cm³/mol. The highest BCUT2D eigenvalue weighted by molar-refractivity contribution is 6.16. The molecule has 0 spiro atoms. The van der Waals surface area contributed by atoms with Gasteiger partial charge < -0.3 is 4.98 Å². The number of aromatic nitrogens is 2. The van der Waals surface area contributed by atoms with E-state index >= 15 is 0 Å². The predicted octanol–water partition coefficient (Wildman–Crippen LogP) is 3.74. The number of H-pyrrole nitrogens is 1. The molecule has 84 valence electrons. The van der Waals surface area contributed by atoms with Crippen LogP contribution in [-0.2, 0) is 5.88 Å². The Morgan fingerprint density at radius 1 is 1.25 bits per heavy atom. The van der Waals surface area contributed by atoms with Gasteiger partial charge in [0.2, 0.25) is 0 Å². The van der Waals surface area contributed by atoms with E-state index in [4.69, 9.17) is 11.6 Å². The van der Waals surface area contributed by atoms with E-state index in [2.05, 4.69) is 42.0 Å². The average Bonchev–Trinajstić information content (AvgIpc) is 2.63. The van der Waals surface area contributed by atoms with Gasteiger partial charge in [-0.05, 0) is 32.4 Å². The fraction of sp³-hybridized carbons (Fsp3) is 0.308. The Hall–Kier alpha value is -1.28.